The highest BCUT2D eigenvalue weighted by Crippen LogP contribution is 2.28. The second-order valence-corrected chi connectivity index (χ2v) is 7.15. The molecule has 1 heterocycles. The molecular weight excluding hydrogens is 399 g/mol. The molecule has 7 heteroatoms. The summed E-state index contributed by atoms with van der Waals surface area (Å²) in [7, 11) is 0. The van der Waals surface area contributed by atoms with Crippen LogP contribution in [0.1, 0.15) is 30.6 Å². The first kappa shape index (κ1) is 22.2. The van der Waals surface area contributed by atoms with E-state index < -0.39 is 6.10 Å². The molecule has 0 radical (unpaired) electrons. The summed E-state index contributed by atoms with van der Waals surface area (Å²) in [5.74, 6) is -0.0142. The van der Waals surface area contributed by atoms with Gasteiger partial charge in [0.2, 0.25) is 5.56 Å². The van der Waals surface area contributed by atoms with Crippen LogP contribution in [0.15, 0.2) is 53.3 Å². The van der Waals surface area contributed by atoms with Gasteiger partial charge in [0.05, 0.1) is 11.6 Å². The number of pyridine rings is 1. The first-order chi connectivity index (χ1) is 13.0. The highest BCUT2D eigenvalue weighted by atomic mass is 35.5. The number of aryl methyl sites for hydroxylation is 1. The van der Waals surface area contributed by atoms with Gasteiger partial charge in [-0.15, -0.1) is 12.4 Å². The van der Waals surface area contributed by atoms with Crippen molar-refractivity contribution in [2.75, 3.05) is 6.54 Å². The van der Waals surface area contributed by atoms with E-state index in [1.54, 1.807) is 12.1 Å². The first-order valence-electron chi connectivity index (χ1n) is 8.95. The molecule has 5 nitrogen and oxygen atoms in total. The third-order valence-electron chi connectivity index (χ3n) is 4.73. The van der Waals surface area contributed by atoms with Gasteiger partial charge in [-0.2, -0.15) is 0 Å². The summed E-state index contributed by atoms with van der Waals surface area (Å²) in [4.78, 5) is 14.1. The van der Waals surface area contributed by atoms with Gasteiger partial charge >= 0.3 is 0 Å². The zero-order valence-corrected chi connectivity index (χ0v) is 17.1. The van der Waals surface area contributed by atoms with Crippen LogP contribution in [0, 0.1) is 0 Å². The molecule has 2 aromatic carbocycles. The van der Waals surface area contributed by atoms with Crippen LogP contribution in [0.3, 0.4) is 0 Å². The number of nitrogens with one attached hydrogen (secondary N) is 2. The van der Waals surface area contributed by atoms with Crippen molar-refractivity contribution in [3.63, 3.8) is 0 Å². The lowest BCUT2D eigenvalue weighted by atomic mass is 10.0. The summed E-state index contributed by atoms with van der Waals surface area (Å²) in [6.45, 7) is 2.43. The molecule has 28 heavy (non-hydrogen) atoms. The number of phenolic OH excluding ortho intramolecular Hbond substituents is 1. The number of benzene rings is 2. The Morgan fingerprint density at radius 2 is 1.89 bits per heavy atom. The van der Waals surface area contributed by atoms with E-state index in [9.17, 15) is 15.0 Å². The van der Waals surface area contributed by atoms with Crippen molar-refractivity contribution in [3.05, 3.63) is 75.0 Å². The van der Waals surface area contributed by atoms with Crippen LogP contribution in [-0.4, -0.2) is 27.8 Å². The monoisotopic (exact) mass is 422 g/mol. The molecule has 150 valence electrons. The maximum atomic E-state index is 11.5. The first-order valence-corrected chi connectivity index (χ1v) is 9.33. The molecule has 0 fully saturated rings. The third kappa shape index (κ3) is 5.26. The van der Waals surface area contributed by atoms with Gasteiger partial charge in [-0.05, 0) is 49.1 Å². The number of phenols is 1. The van der Waals surface area contributed by atoms with Gasteiger partial charge in [-0.25, -0.2) is 0 Å². The molecule has 0 amide bonds. The number of H-pyrrole nitrogens is 1. The summed E-state index contributed by atoms with van der Waals surface area (Å²) in [5, 5.41) is 25.3. The standard InChI is InChI=1S/C21H23ClN2O3.ClH/c1-13(6-7-14-4-2-3-5-17(14)22)23-12-19(26)15-8-10-18(25)21-16(15)9-11-20(27)24-21;/h2-5,8-11,13,19,23,25-26H,6-7,12H2,1H3,(H,24,27);1H. The number of rotatable bonds is 7. The van der Waals surface area contributed by atoms with Gasteiger partial charge in [-0.1, -0.05) is 35.9 Å². The molecule has 2 atom stereocenters. The van der Waals surface area contributed by atoms with E-state index in [0.717, 1.165) is 23.4 Å². The fourth-order valence-electron chi connectivity index (χ4n) is 3.15. The van der Waals surface area contributed by atoms with E-state index >= 15 is 0 Å². The van der Waals surface area contributed by atoms with Crippen molar-refractivity contribution in [2.24, 2.45) is 0 Å². The molecule has 3 rings (SSSR count). The van der Waals surface area contributed by atoms with Crippen LogP contribution in [0.5, 0.6) is 5.75 Å². The van der Waals surface area contributed by atoms with Crippen molar-refractivity contribution in [3.8, 4) is 5.75 Å². The molecule has 0 spiro atoms. The van der Waals surface area contributed by atoms with E-state index in [2.05, 4.69) is 17.2 Å². The minimum atomic E-state index is -0.762. The molecule has 0 saturated heterocycles. The Morgan fingerprint density at radius 1 is 1.14 bits per heavy atom. The van der Waals surface area contributed by atoms with Crippen LogP contribution < -0.4 is 10.9 Å². The molecule has 0 aliphatic rings. The summed E-state index contributed by atoms with van der Waals surface area (Å²) in [6, 6.07) is 14.2. The third-order valence-corrected chi connectivity index (χ3v) is 5.10. The number of halogens is 2. The minimum absolute atomic E-state index is 0. The van der Waals surface area contributed by atoms with E-state index in [4.69, 9.17) is 11.6 Å². The largest absolute Gasteiger partial charge is 0.506 e. The number of aromatic amines is 1. The van der Waals surface area contributed by atoms with Crippen LogP contribution in [0.4, 0.5) is 0 Å². The van der Waals surface area contributed by atoms with Crippen LogP contribution >= 0.6 is 24.0 Å². The molecule has 0 aliphatic heterocycles. The van der Waals surface area contributed by atoms with E-state index in [1.165, 1.54) is 12.1 Å². The Kier molecular flexibility index (Phi) is 7.89. The summed E-state index contributed by atoms with van der Waals surface area (Å²) < 4.78 is 0. The number of aliphatic hydroxyl groups is 1. The highest BCUT2D eigenvalue weighted by molar-refractivity contribution is 6.31. The Morgan fingerprint density at radius 3 is 2.64 bits per heavy atom. The summed E-state index contributed by atoms with van der Waals surface area (Å²) in [6.07, 6.45) is 0.981. The Bertz CT molecular complexity index is 991. The lowest BCUT2D eigenvalue weighted by Gasteiger charge is -2.19. The predicted molar refractivity (Wildman–Crippen MR) is 116 cm³/mol. The zero-order chi connectivity index (χ0) is 19.4. The van der Waals surface area contributed by atoms with E-state index in [-0.39, 0.29) is 29.8 Å². The Hall–Kier alpha value is -2.05. The van der Waals surface area contributed by atoms with Gasteiger partial charge in [-0.3, -0.25) is 4.79 Å². The second kappa shape index (κ2) is 9.94. The van der Waals surface area contributed by atoms with Crippen molar-refractivity contribution >= 4 is 34.9 Å². The van der Waals surface area contributed by atoms with E-state index in [0.29, 0.717) is 23.0 Å². The normalized spacial score (nSPS) is 13.1. The van der Waals surface area contributed by atoms with Crippen LogP contribution in [0.2, 0.25) is 5.02 Å². The minimum Gasteiger partial charge on any atom is -0.506 e. The van der Waals surface area contributed by atoms with Gasteiger partial charge < -0.3 is 20.5 Å². The fraction of sp³-hybridized carbons (Fsp3) is 0.286. The topological polar surface area (TPSA) is 85.3 Å². The number of fused-ring (bicyclic) bond motifs is 1. The maximum absolute atomic E-state index is 11.5. The number of hydrogen-bond acceptors (Lipinski definition) is 4. The quantitative estimate of drug-likeness (QED) is 0.464. The lowest BCUT2D eigenvalue weighted by Crippen LogP contribution is -2.31. The van der Waals surface area contributed by atoms with Crippen molar-refractivity contribution in [1.82, 2.24) is 10.3 Å². The molecule has 4 N–H and O–H groups in total. The van der Waals surface area contributed by atoms with Crippen LogP contribution in [0.25, 0.3) is 10.9 Å². The molecule has 0 aliphatic carbocycles. The molecule has 0 saturated carbocycles. The Balaban J connectivity index is 0.00000280. The Labute approximate surface area is 174 Å². The molecule has 2 unspecified atom stereocenters. The number of aliphatic hydroxyl groups excluding tert-OH is 1. The SMILES string of the molecule is CC(CCc1ccccc1Cl)NCC(O)c1ccc(O)c2[nH]c(=O)ccc12.Cl. The summed E-state index contributed by atoms with van der Waals surface area (Å²) in [5.41, 5.74) is 1.81. The highest BCUT2D eigenvalue weighted by Gasteiger charge is 2.15. The van der Waals surface area contributed by atoms with E-state index in [1.807, 2.05) is 24.3 Å². The predicted octanol–water partition coefficient (Wildman–Crippen LogP) is 3.95. The van der Waals surface area contributed by atoms with Gasteiger partial charge in [0.1, 0.15) is 5.75 Å². The fourth-order valence-corrected chi connectivity index (χ4v) is 3.38. The number of hydrogen-bond donors (Lipinski definition) is 4. The maximum Gasteiger partial charge on any atom is 0.248 e. The molecular formula is C21H24Cl2N2O3. The molecule has 0 bridgehead atoms. The smallest absolute Gasteiger partial charge is 0.248 e. The average molecular weight is 423 g/mol. The van der Waals surface area contributed by atoms with Gasteiger partial charge in [0, 0.05) is 29.1 Å². The lowest BCUT2D eigenvalue weighted by molar-refractivity contribution is 0.171. The van der Waals surface area contributed by atoms with Crippen molar-refractivity contribution in [1.29, 1.82) is 0 Å². The van der Waals surface area contributed by atoms with Crippen molar-refractivity contribution < 1.29 is 10.2 Å². The number of aromatic hydroxyl groups is 1. The van der Waals surface area contributed by atoms with Gasteiger partial charge in [0.25, 0.3) is 0 Å². The van der Waals surface area contributed by atoms with Crippen LogP contribution in [-0.2, 0) is 6.42 Å². The molecule has 3 aromatic rings. The summed E-state index contributed by atoms with van der Waals surface area (Å²) >= 11 is 6.19. The number of aromatic nitrogens is 1. The average Bonchev–Trinajstić information content (AvgIpc) is 2.66. The zero-order valence-electron chi connectivity index (χ0n) is 15.5. The molecule has 1 aromatic heterocycles. The second-order valence-electron chi connectivity index (χ2n) is 6.74. The van der Waals surface area contributed by atoms with Crippen molar-refractivity contribution in [2.45, 2.75) is 31.9 Å². The van der Waals surface area contributed by atoms with Gasteiger partial charge in [0.15, 0.2) is 0 Å².